The average molecular weight is 1040 g/mol. The normalized spacial score (nSPS) is 13.3. The lowest BCUT2D eigenvalue weighted by Gasteiger charge is -2.34. The lowest BCUT2D eigenvalue weighted by molar-refractivity contribution is 0.768. The minimum atomic E-state index is -0.514. The van der Waals surface area contributed by atoms with E-state index in [4.69, 9.17) is 0 Å². The Balaban J connectivity index is 0.853. The van der Waals surface area contributed by atoms with Crippen molar-refractivity contribution in [3.63, 3.8) is 0 Å². The van der Waals surface area contributed by atoms with Gasteiger partial charge in [0.15, 0.2) is 0 Å². The molecule has 384 valence electrons. The van der Waals surface area contributed by atoms with E-state index in [0.717, 1.165) is 33.9 Å². The van der Waals surface area contributed by atoms with Gasteiger partial charge >= 0.3 is 0 Å². The Labute approximate surface area is 478 Å². The van der Waals surface area contributed by atoms with Crippen molar-refractivity contribution in [3.05, 3.63) is 372 Å². The summed E-state index contributed by atoms with van der Waals surface area (Å²) in [5, 5.41) is 2.43. The topological polar surface area (TPSA) is 8.17 Å². The highest BCUT2D eigenvalue weighted by molar-refractivity contribution is 6.11. The number of para-hydroxylation sites is 1. The van der Waals surface area contributed by atoms with Crippen molar-refractivity contribution in [1.29, 1.82) is 0 Å². The van der Waals surface area contributed by atoms with E-state index < -0.39 is 10.8 Å². The van der Waals surface area contributed by atoms with E-state index in [2.05, 4.69) is 337 Å². The number of aromatic nitrogens is 1. The quantitative estimate of drug-likeness (QED) is 0.133. The number of rotatable bonds is 10. The van der Waals surface area contributed by atoms with Gasteiger partial charge in [-0.1, -0.05) is 255 Å². The number of fused-ring (bicyclic) bond motifs is 9. The molecule has 0 N–H and O–H groups in total. The van der Waals surface area contributed by atoms with Gasteiger partial charge in [0, 0.05) is 33.5 Å². The standard InChI is InChI=1S/C80H54N2/c1-6-22-55(23-7-1)56-38-44-64(45-39-56)81(66-48-49-76-70(54-66)69-34-18-21-37-75(69)79(76,59-24-8-2-9-25-59)60-26-10-3-11-27-60)65-46-40-57(41-47-65)58-42-50-77-71(52-58)72-53-62(43-51-78(72)82(77)63-30-14-5-15-31-63)80(61-28-12-4-13-29-61)73-35-19-16-32-67(73)68-33-17-20-36-74(68)80/h1-54H. The van der Waals surface area contributed by atoms with Crippen LogP contribution in [-0.4, -0.2) is 4.57 Å². The predicted molar refractivity (Wildman–Crippen MR) is 341 cm³/mol. The maximum absolute atomic E-state index is 2.50. The summed E-state index contributed by atoms with van der Waals surface area (Å²) in [6, 6.07) is 121. The van der Waals surface area contributed by atoms with Crippen LogP contribution in [0.4, 0.5) is 17.1 Å². The van der Waals surface area contributed by atoms with Crippen molar-refractivity contribution in [1.82, 2.24) is 4.57 Å². The lowest BCUT2D eigenvalue weighted by Crippen LogP contribution is -2.28. The monoisotopic (exact) mass is 1040 g/mol. The van der Waals surface area contributed by atoms with Gasteiger partial charge in [-0.3, -0.25) is 0 Å². The molecule has 0 spiro atoms. The highest BCUT2D eigenvalue weighted by Gasteiger charge is 2.47. The first kappa shape index (κ1) is 47.5. The number of anilines is 3. The van der Waals surface area contributed by atoms with E-state index in [1.807, 2.05) is 0 Å². The maximum Gasteiger partial charge on any atom is 0.0713 e. The zero-order valence-electron chi connectivity index (χ0n) is 45.1. The number of hydrogen-bond acceptors (Lipinski definition) is 1. The molecule has 0 atom stereocenters. The molecule has 0 bridgehead atoms. The summed E-state index contributed by atoms with van der Waals surface area (Å²) < 4.78 is 2.44. The van der Waals surface area contributed by atoms with Gasteiger partial charge < -0.3 is 9.47 Å². The fraction of sp³-hybridized carbons (Fsp3) is 0.0250. The van der Waals surface area contributed by atoms with Crippen LogP contribution < -0.4 is 4.90 Å². The average Bonchev–Trinajstić information content (AvgIpc) is 2.98. The Morgan fingerprint density at radius 1 is 0.232 bits per heavy atom. The Kier molecular flexibility index (Phi) is 11.0. The van der Waals surface area contributed by atoms with Crippen molar-refractivity contribution in [2.75, 3.05) is 4.90 Å². The van der Waals surface area contributed by atoms with Gasteiger partial charge in [-0.15, -0.1) is 0 Å². The first-order valence-electron chi connectivity index (χ1n) is 28.5. The van der Waals surface area contributed by atoms with Crippen molar-refractivity contribution >= 4 is 38.9 Å². The second kappa shape index (κ2) is 19.1. The van der Waals surface area contributed by atoms with Gasteiger partial charge in [-0.2, -0.15) is 0 Å². The number of hydrogen-bond donors (Lipinski definition) is 0. The molecular formula is C80H54N2. The van der Waals surface area contributed by atoms with Gasteiger partial charge in [-0.05, 0) is 162 Å². The van der Waals surface area contributed by atoms with Gasteiger partial charge in [0.25, 0.3) is 0 Å². The fourth-order valence-corrected chi connectivity index (χ4v) is 14.3. The fourth-order valence-electron chi connectivity index (χ4n) is 14.3. The zero-order chi connectivity index (χ0) is 54.2. The summed E-state index contributed by atoms with van der Waals surface area (Å²) in [7, 11) is 0. The largest absolute Gasteiger partial charge is 0.310 e. The van der Waals surface area contributed by atoms with Crippen LogP contribution in [0.1, 0.15) is 44.5 Å². The van der Waals surface area contributed by atoms with Crippen LogP contribution in [-0.2, 0) is 10.8 Å². The summed E-state index contributed by atoms with van der Waals surface area (Å²) >= 11 is 0. The van der Waals surface area contributed by atoms with Crippen LogP contribution in [0.25, 0.3) is 72.0 Å². The maximum atomic E-state index is 2.50. The van der Waals surface area contributed by atoms with Crippen LogP contribution in [0.3, 0.4) is 0 Å². The summed E-state index contributed by atoms with van der Waals surface area (Å²) in [4.78, 5) is 2.42. The van der Waals surface area contributed by atoms with Crippen molar-refractivity contribution in [2.24, 2.45) is 0 Å². The molecule has 0 unspecified atom stereocenters. The third-order valence-corrected chi connectivity index (χ3v) is 17.8. The second-order valence-electron chi connectivity index (χ2n) is 21.9. The molecule has 14 aromatic rings. The summed E-state index contributed by atoms with van der Waals surface area (Å²) in [6.45, 7) is 0. The summed E-state index contributed by atoms with van der Waals surface area (Å²) in [5.41, 5.74) is 25.8. The van der Waals surface area contributed by atoms with Crippen LogP contribution in [0.2, 0.25) is 0 Å². The Morgan fingerprint density at radius 3 is 1.12 bits per heavy atom. The second-order valence-corrected chi connectivity index (χ2v) is 21.9. The van der Waals surface area contributed by atoms with E-state index in [1.54, 1.807) is 0 Å². The molecule has 2 heteroatoms. The minimum Gasteiger partial charge on any atom is -0.310 e. The molecule has 82 heavy (non-hydrogen) atoms. The third kappa shape index (κ3) is 7.14. The van der Waals surface area contributed by atoms with Crippen molar-refractivity contribution in [2.45, 2.75) is 10.8 Å². The first-order chi connectivity index (χ1) is 40.7. The predicted octanol–water partition coefficient (Wildman–Crippen LogP) is 20.3. The summed E-state index contributed by atoms with van der Waals surface area (Å²) in [6.07, 6.45) is 0. The number of benzene rings is 13. The zero-order valence-corrected chi connectivity index (χ0v) is 45.1. The SMILES string of the molecule is c1ccc(-c2ccc(N(c3ccc(-c4ccc5c(c4)c4cc(C6(c7ccccc7)c7ccccc7-c7ccccc76)ccc4n5-c4ccccc4)cc3)c3ccc4c(c3)-c3ccccc3C4(c3ccccc3)c3ccccc3)cc2)cc1. The van der Waals surface area contributed by atoms with Gasteiger partial charge in [0.1, 0.15) is 0 Å². The first-order valence-corrected chi connectivity index (χ1v) is 28.5. The Morgan fingerprint density at radius 2 is 0.598 bits per heavy atom. The molecule has 0 saturated heterocycles. The Hall–Kier alpha value is -10.5. The highest BCUT2D eigenvalue weighted by atomic mass is 15.1. The molecule has 0 amide bonds. The molecule has 13 aromatic carbocycles. The van der Waals surface area contributed by atoms with Gasteiger partial charge in [0.2, 0.25) is 0 Å². The van der Waals surface area contributed by atoms with E-state index in [0.29, 0.717) is 0 Å². The highest BCUT2D eigenvalue weighted by Crippen LogP contribution is 2.59. The van der Waals surface area contributed by atoms with E-state index in [9.17, 15) is 0 Å². The van der Waals surface area contributed by atoms with Gasteiger partial charge in [-0.25, -0.2) is 0 Å². The molecular weight excluding hydrogens is 989 g/mol. The molecule has 0 saturated carbocycles. The van der Waals surface area contributed by atoms with Crippen LogP contribution in [0, 0.1) is 0 Å². The third-order valence-electron chi connectivity index (χ3n) is 17.8. The van der Waals surface area contributed by atoms with E-state index in [-0.39, 0.29) is 0 Å². The van der Waals surface area contributed by atoms with Crippen LogP contribution >= 0.6 is 0 Å². The van der Waals surface area contributed by atoms with Crippen molar-refractivity contribution in [3.8, 4) is 50.2 Å². The number of nitrogens with zero attached hydrogens (tertiary/aromatic N) is 2. The molecule has 1 aromatic heterocycles. The molecule has 16 rings (SSSR count). The van der Waals surface area contributed by atoms with Gasteiger partial charge in [0.05, 0.1) is 21.9 Å². The summed E-state index contributed by atoms with van der Waals surface area (Å²) in [5.74, 6) is 0. The molecule has 2 nitrogen and oxygen atoms in total. The Bertz CT molecular complexity index is 4610. The molecule has 2 aliphatic rings. The molecule has 0 radical (unpaired) electrons. The molecule has 0 fully saturated rings. The molecule has 2 aliphatic carbocycles. The minimum absolute atomic E-state index is 0.483. The van der Waals surface area contributed by atoms with Crippen molar-refractivity contribution < 1.29 is 0 Å². The lowest BCUT2D eigenvalue weighted by atomic mass is 9.67. The van der Waals surface area contributed by atoms with Crippen LogP contribution in [0.15, 0.2) is 328 Å². The smallest absolute Gasteiger partial charge is 0.0713 e. The molecule has 1 heterocycles. The van der Waals surface area contributed by atoms with E-state index >= 15 is 0 Å². The molecule has 0 aliphatic heterocycles. The van der Waals surface area contributed by atoms with E-state index in [1.165, 1.54) is 99.7 Å². The van der Waals surface area contributed by atoms with Crippen LogP contribution in [0.5, 0.6) is 0 Å².